The molecule has 2 aromatic carbocycles. The van der Waals surface area contributed by atoms with Gasteiger partial charge in [-0.05, 0) is 99.3 Å². The van der Waals surface area contributed by atoms with Gasteiger partial charge in [-0.15, -0.1) is 0 Å². The van der Waals surface area contributed by atoms with Crippen LogP contribution in [0.5, 0.6) is 0 Å². The van der Waals surface area contributed by atoms with E-state index in [-0.39, 0.29) is 23.9 Å². The number of aromatic nitrogens is 1. The van der Waals surface area contributed by atoms with E-state index in [2.05, 4.69) is 59.4 Å². The topological polar surface area (TPSA) is 54.5 Å². The van der Waals surface area contributed by atoms with Gasteiger partial charge in [-0.25, -0.2) is 4.39 Å². The molecule has 2 atom stereocenters. The highest BCUT2D eigenvalue weighted by atomic mass is 19.1. The molecule has 0 saturated carbocycles. The predicted molar refractivity (Wildman–Crippen MR) is 134 cm³/mol. The maximum Gasteiger partial charge on any atom is 0.251 e. The van der Waals surface area contributed by atoms with E-state index in [0.717, 1.165) is 46.9 Å². The van der Waals surface area contributed by atoms with Crippen molar-refractivity contribution < 1.29 is 13.9 Å². The van der Waals surface area contributed by atoms with Gasteiger partial charge in [-0.3, -0.25) is 9.78 Å². The van der Waals surface area contributed by atoms with Crippen molar-refractivity contribution >= 4 is 11.6 Å². The Bertz CT molecular complexity index is 1180. The largest absolute Gasteiger partial charge is 0.372 e. The fourth-order valence-corrected chi connectivity index (χ4v) is 4.74. The molecule has 3 aromatic rings. The van der Waals surface area contributed by atoms with E-state index in [1.54, 1.807) is 6.92 Å². The van der Waals surface area contributed by atoms with Crippen molar-refractivity contribution in [1.29, 1.82) is 0 Å². The number of anilines is 1. The minimum atomic E-state index is -0.345. The Kier molecular flexibility index (Phi) is 6.98. The Hall–Kier alpha value is -3.25. The van der Waals surface area contributed by atoms with Crippen molar-refractivity contribution in [3.05, 3.63) is 82.4 Å². The van der Waals surface area contributed by atoms with Crippen molar-refractivity contribution in [3.8, 4) is 11.1 Å². The summed E-state index contributed by atoms with van der Waals surface area (Å²) >= 11 is 0. The maximum absolute atomic E-state index is 13.5. The second kappa shape index (κ2) is 9.94. The van der Waals surface area contributed by atoms with E-state index >= 15 is 0 Å². The van der Waals surface area contributed by atoms with E-state index < -0.39 is 0 Å². The third-order valence-electron chi connectivity index (χ3n) is 6.13. The van der Waals surface area contributed by atoms with E-state index in [4.69, 9.17) is 4.74 Å². The first kappa shape index (κ1) is 23.9. The highest BCUT2D eigenvalue weighted by molar-refractivity contribution is 5.95. The molecule has 1 saturated heterocycles. The Morgan fingerprint density at radius 2 is 1.68 bits per heavy atom. The molecule has 34 heavy (non-hydrogen) atoms. The first-order valence-corrected chi connectivity index (χ1v) is 11.7. The zero-order valence-electron chi connectivity index (χ0n) is 20.5. The molecule has 0 aliphatic carbocycles. The van der Waals surface area contributed by atoms with Gasteiger partial charge in [0.2, 0.25) is 0 Å². The normalized spacial score (nSPS) is 18.1. The lowest BCUT2D eigenvalue weighted by molar-refractivity contribution is -0.00527. The van der Waals surface area contributed by atoms with E-state index in [0.29, 0.717) is 17.7 Å². The Morgan fingerprint density at radius 3 is 2.32 bits per heavy atom. The summed E-state index contributed by atoms with van der Waals surface area (Å²) in [6, 6.07) is 14.8. The van der Waals surface area contributed by atoms with E-state index in [1.807, 2.05) is 13.8 Å². The smallest absolute Gasteiger partial charge is 0.251 e. The number of halogens is 1. The second-order valence-corrected chi connectivity index (χ2v) is 9.29. The van der Waals surface area contributed by atoms with Crippen LogP contribution in [-0.4, -0.2) is 36.2 Å². The number of pyridine rings is 1. The quantitative estimate of drug-likeness (QED) is 0.556. The Morgan fingerprint density at radius 1 is 1.00 bits per heavy atom. The molecule has 1 N–H and O–H groups in total. The first-order valence-electron chi connectivity index (χ1n) is 11.7. The summed E-state index contributed by atoms with van der Waals surface area (Å²) in [7, 11) is 0. The lowest BCUT2D eigenvalue weighted by Gasteiger charge is -2.38. The summed E-state index contributed by atoms with van der Waals surface area (Å²) in [5.41, 5.74) is 7.32. The van der Waals surface area contributed by atoms with Gasteiger partial charge in [0.15, 0.2) is 0 Å². The van der Waals surface area contributed by atoms with Crippen LogP contribution in [-0.2, 0) is 11.3 Å². The number of rotatable bonds is 5. The van der Waals surface area contributed by atoms with Crippen LogP contribution in [0.1, 0.15) is 46.7 Å². The van der Waals surface area contributed by atoms with Crippen LogP contribution in [0.15, 0.2) is 48.5 Å². The predicted octanol–water partition coefficient (Wildman–Crippen LogP) is 5.36. The molecule has 1 aliphatic rings. The van der Waals surface area contributed by atoms with Gasteiger partial charge in [0.25, 0.3) is 5.91 Å². The molecule has 2 unspecified atom stereocenters. The van der Waals surface area contributed by atoms with Crippen LogP contribution in [0, 0.1) is 26.6 Å². The molecule has 1 aromatic heterocycles. The van der Waals surface area contributed by atoms with Crippen LogP contribution < -0.4 is 10.2 Å². The van der Waals surface area contributed by atoms with Crippen LogP contribution >= 0.6 is 0 Å². The number of carbonyl (C=O) groups is 1. The van der Waals surface area contributed by atoms with Crippen LogP contribution in [0.3, 0.4) is 0 Å². The number of carbonyl (C=O) groups excluding carboxylic acids is 1. The fourth-order valence-electron chi connectivity index (χ4n) is 4.74. The van der Waals surface area contributed by atoms with Crippen molar-refractivity contribution in [2.75, 3.05) is 18.0 Å². The summed E-state index contributed by atoms with van der Waals surface area (Å²) in [5.74, 6) is -0.560. The summed E-state index contributed by atoms with van der Waals surface area (Å²) in [5, 5.41) is 3.05. The monoisotopic (exact) mass is 461 g/mol. The highest BCUT2D eigenvalue weighted by Crippen LogP contribution is 2.30. The summed E-state index contributed by atoms with van der Waals surface area (Å²) in [4.78, 5) is 19.7. The van der Waals surface area contributed by atoms with Crippen molar-refractivity contribution in [1.82, 2.24) is 10.3 Å². The Balaban J connectivity index is 1.67. The lowest BCUT2D eigenvalue weighted by Crippen LogP contribution is -2.46. The number of morpholine rings is 1. The van der Waals surface area contributed by atoms with Crippen LogP contribution in [0.4, 0.5) is 10.1 Å². The van der Waals surface area contributed by atoms with Crippen LogP contribution in [0.2, 0.25) is 0 Å². The molecule has 0 bridgehead atoms. The fraction of sp³-hybridized carbons (Fsp3) is 0.357. The number of aryl methyl sites for hydroxylation is 3. The molecule has 1 fully saturated rings. The molecule has 0 spiro atoms. The molecule has 5 nitrogen and oxygen atoms in total. The number of ether oxygens (including phenoxy) is 1. The van der Waals surface area contributed by atoms with Gasteiger partial charge >= 0.3 is 0 Å². The molecule has 2 heterocycles. The number of benzene rings is 2. The van der Waals surface area contributed by atoms with Gasteiger partial charge in [-0.2, -0.15) is 0 Å². The number of amides is 1. The van der Waals surface area contributed by atoms with Gasteiger partial charge in [0.1, 0.15) is 5.82 Å². The van der Waals surface area contributed by atoms with Crippen molar-refractivity contribution in [2.24, 2.45) is 0 Å². The third-order valence-corrected chi connectivity index (χ3v) is 6.13. The van der Waals surface area contributed by atoms with Crippen molar-refractivity contribution in [3.63, 3.8) is 0 Å². The zero-order chi connectivity index (χ0) is 24.4. The number of nitrogens with zero attached hydrogens (tertiary/aromatic N) is 2. The molecule has 0 radical (unpaired) electrons. The zero-order valence-corrected chi connectivity index (χ0v) is 20.5. The van der Waals surface area contributed by atoms with Gasteiger partial charge < -0.3 is 15.0 Å². The molecule has 178 valence electrons. The molecular formula is C28H32FN3O2. The van der Waals surface area contributed by atoms with Gasteiger partial charge in [0, 0.05) is 42.3 Å². The van der Waals surface area contributed by atoms with Crippen molar-refractivity contribution in [2.45, 2.75) is 53.4 Å². The van der Waals surface area contributed by atoms with E-state index in [9.17, 15) is 9.18 Å². The third kappa shape index (κ3) is 5.45. The SMILES string of the molecule is Cc1cc(-c2ccc(N3CC(C)OC(C)C3)c(CNC(=O)c3ccc(F)cc3C)c2)cc(C)n1. The standard InChI is InChI=1S/C28H32FN3O2/c1-17-10-25(29)7-8-26(17)28(33)30-14-24-13-22(23-11-18(2)31-19(3)12-23)6-9-27(24)32-15-20(4)34-21(5)16-32/h6-13,20-21H,14-16H2,1-5H3,(H,30,33). The molecule has 4 rings (SSSR count). The minimum Gasteiger partial charge on any atom is -0.372 e. The number of hydrogen-bond donors (Lipinski definition) is 1. The molecular weight excluding hydrogens is 429 g/mol. The van der Waals surface area contributed by atoms with Gasteiger partial charge in [-0.1, -0.05) is 6.07 Å². The molecule has 6 heteroatoms. The maximum atomic E-state index is 13.5. The summed E-state index contributed by atoms with van der Waals surface area (Å²) in [6.45, 7) is 11.8. The average molecular weight is 462 g/mol. The number of hydrogen-bond acceptors (Lipinski definition) is 4. The average Bonchev–Trinajstić information content (AvgIpc) is 2.76. The van der Waals surface area contributed by atoms with E-state index in [1.165, 1.54) is 18.2 Å². The lowest BCUT2D eigenvalue weighted by atomic mass is 9.99. The highest BCUT2D eigenvalue weighted by Gasteiger charge is 2.24. The molecule has 1 aliphatic heterocycles. The van der Waals surface area contributed by atoms with Gasteiger partial charge in [0.05, 0.1) is 12.2 Å². The minimum absolute atomic E-state index is 0.123. The summed E-state index contributed by atoms with van der Waals surface area (Å²) < 4.78 is 19.4. The molecule has 1 amide bonds. The Labute approximate surface area is 201 Å². The number of nitrogens with one attached hydrogen (secondary N) is 1. The second-order valence-electron chi connectivity index (χ2n) is 9.29. The summed E-state index contributed by atoms with van der Waals surface area (Å²) in [6.07, 6.45) is 0.247. The first-order chi connectivity index (χ1) is 16.2. The van der Waals surface area contributed by atoms with Crippen LogP contribution in [0.25, 0.3) is 11.1 Å².